The predicted octanol–water partition coefficient (Wildman–Crippen LogP) is 2.92. The van der Waals surface area contributed by atoms with Gasteiger partial charge >= 0.3 is 0 Å². The fourth-order valence-electron chi connectivity index (χ4n) is 1.25. The Morgan fingerprint density at radius 1 is 1.19 bits per heavy atom. The first kappa shape index (κ1) is 10.7. The van der Waals surface area contributed by atoms with E-state index in [0.717, 1.165) is 5.69 Å². The third-order valence-electron chi connectivity index (χ3n) is 2.02. The zero-order valence-corrected chi connectivity index (χ0v) is 9.49. The maximum absolute atomic E-state index is 6.03. The van der Waals surface area contributed by atoms with Crippen molar-refractivity contribution < 1.29 is 0 Å². The molecule has 0 aliphatic rings. The lowest BCUT2D eigenvalue weighted by Gasteiger charge is -2.07. The molecule has 1 aromatic carbocycles. The van der Waals surface area contributed by atoms with Crippen LogP contribution in [-0.2, 0) is 0 Å². The lowest BCUT2D eigenvalue weighted by Crippen LogP contribution is -1.99. The average molecular weight is 235 g/mol. The molecule has 4 nitrogen and oxygen atoms in total. The minimum absolute atomic E-state index is 0.567. The molecule has 0 unspecified atom stereocenters. The second-order valence-electron chi connectivity index (χ2n) is 3.12. The minimum Gasteiger partial charge on any atom is -0.357 e. The Morgan fingerprint density at radius 3 is 2.75 bits per heavy atom. The number of anilines is 3. The van der Waals surface area contributed by atoms with Gasteiger partial charge in [0.1, 0.15) is 5.82 Å². The van der Waals surface area contributed by atoms with Crippen molar-refractivity contribution in [2.45, 2.75) is 0 Å². The second-order valence-corrected chi connectivity index (χ2v) is 3.53. The van der Waals surface area contributed by atoms with Crippen LogP contribution in [0.4, 0.5) is 17.5 Å². The molecule has 0 fully saturated rings. The van der Waals surface area contributed by atoms with E-state index in [1.165, 1.54) is 0 Å². The molecule has 1 aromatic heterocycles. The molecule has 0 bridgehead atoms. The standard InChI is InChI=1S/C11H11ClN4/c1-13-11-14-7-6-10(16-11)15-9-5-3-2-4-8(9)12/h2-7H,1H3,(H2,13,14,15,16). The van der Waals surface area contributed by atoms with E-state index in [-0.39, 0.29) is 0 Å². The number of nitrogens with one attached hydrogen (secondary N) is 2. The molecule has 2 aromatic rings. The maximum atomic E-state index is 6.03. The van der Waals surface area contributed by atoms with Crippen LogP contribution in [0.5, 0.6) is 0 Å². The molecule has 0 aliphatic carbocycles. The smallest absolute Gasteiger partial charge is 0.224 e. The van der Waals surface area contributed by atoms with Gasteiger partial charge in [-0.3, -0.25) is 0 Å². The molecular formula is C11H11ClN4. The van der Waals surface area contributed by atoms with Gasteiger partial charge in [0.05, 0.1) is 10.7 Å². The van der Waals surface area contributed by atoms with Gasteiger partial charge in [-0.15, -0.1) is 0 Å². The molecule has 0 radical (unpaired) electrons. The SMILES string of the molecule is CNc1nccc(Nc2ccccc2Cl)n1. The summed E-state index contributed by atoms with van der Waals surface area (Å²) in [5.74, 6) is 1.27. The normalized spacial score (nSPS) is 9.88. The number of benzene rings is 1. The number of hydrogen-bond donors (Lipinski definition) is 2. The Hall–Kier alpha value is -1.81. The molecule has 2 rings (SSSR count). The van der Waals surface area contributed by atoms with Crippen LogP contribution in [0.3, 0.4) is 0 Å². The Bertz CT molecular complexity index is 487. The third kappa shape index (κ3) is 2.41. The van der Waals surface area contributed by atoms with Crippen LogP contribution in [0.25, 0.3) is 0 Å². The lowest BCUT2D eigenvalue weighted by molar-refractivity contribution is 1.15. The van der Waals surface area contributed by atoms with Crippen LogP contribution in [0.1, 0.15) is 0 Å². The molecule has 0 amide bonds. The van der Waals surface area contributed by atoms with Crippen molar-refractivity contribution in [2.75, 3.05) is 17.7 Å². The summed E-state index contributed by atoms with van der Waals surface area (Å²) in [5.41, 5.74) is 0.824. The first-order valence-corrected chi connectivity index (χ1v) is 5.20. The maximum Gasteiger partial charge on any atom is 0.224 e. The summed E-state index contributed by atoms with van der Waals surface area (Å²) in [4.78, 5) is 8.26. The van der Waals surface area contributed by atoms with E-state index in [1.807, 2.05) is 24.3 Å². The van der Waals surface area contributed by atoms with E-state index < -0.39 is 0 Å². The lowest BCUT2D eigenvalue weighted by atomic mass is 10.3. The highest BCUT2D eigenvalue weighted by molar-refractivity contribution is 6.33. The quantitative estimate of drug-likeness (QED) is 0.858. The van der Waals surface area contributed by atoms with Gasteiger partial charge in [-0.1, -0.05) is 23.7 Å². The molecule has 2 N–H and O–H groups in total. The Morgan fingerprint density at radius 2 is 2.00 bits per heavy atom. The van der Waals surface area contributed by atoms with E-state index in [1.54, 1.807) is 19.3 Å². The summed E-state index contributed by atoms with van der Waals surface area (Å²) < 4.78 is 0. The van der Waals surface area contributed by atoms with E-state index in [4.69, 9.17) is 11.6 Å². The fraction of sp³-hybridized carbons (Fsp3) is 0.0909. The Kier molecular flexibility index (Phi) is 3.22. The molecule has 16 heavy (non-hydrogen) atoms. The summed E-state index contributed by atoms with van der Waals surface area (Å²) in [7, 11) is 1.77. The summed E-state index contributed by atoms with van der Waals surface area (Å²) >= 11 is 6.03. The first-order valence-electron chi connectivity index (χ1n) is 4.82. The van der Waals surface area contributed by atoms with E-state index in [2.05, 4.69) is 20.6 Å². The van der Waals surface area contributed by atoms with Crippen molar-refractivity contribution in [3.8, 4) is 0 Å². The summed E-state index contributed by atoms with van der Waals surface area (Å²) in [6.07, 6.45) is 1.68. The fourth-order valence-corrected chi connectivity index (χ4v) is 1.43. The van der Waals surface area contributed by atoms with Crippen LogP contribution in [0.15, 0.2) is 36.5 Å². The monoisotopic (exact) mass is 234 g/mol. The first-order chi connectivity index (χ1) is 7.79. The zero-order valence-electron chi connectivity index (χ0n) is 8.74. The Balaban J connectivity index is 2.24. The number of halogens is 1. The van der Waals surface area contributed by atoms with Crippen molar-refractivity contribution in [2.24, 2.45) is 0 Å². The van der Waals surface area contributed by atoms with Gasteiger partial charge < -0.3 is 10.6 Å². The second kappa shape index (κ2) is 4.81. The molecule has 0 saturated carbocycles. The van der Waals surface area contributed by atoms with E-state index in [9.17, 15) is 0 Å². The van der Waals surface area contributed by atoms with Gasteiger partial charge in [0.2, 0.25) is 5.95 Å². The number of rotatable bonds is 3. The highest BCUT2D eigenvalue weighted by Gasteiger charge is 2.01. The highest BCUT2D eigenvalue weighted by Crippen LogP contribution is 2.23. The van der Waals surface area contributed by atoms with Crippen molar-refractivity contribution in [1.82, 2.24) is 9.97 Å². The highest BCUT2D eigenvalue weighted by atomic mass is 35.5. The number of para-hydroxylation sites is 1. The van der Waals surface area contributed by atoms with Gasteiger partial charge in [0, 0.05) is 13.2 Å². The molecule has 0 atom stereocenters. The molecule has 5 heteroatoms. The van der Waals surface area contributed by atoms with Crippen molar-refractivity contribution in [3.63, 3.8) is 0 Å². The van der Waals surface area contributed by atoms with E-state index >= 15 is 0 Å². The van der Waals surface area contributed by atoms with Crippen LogP contribution < -0.4 is 10.6 Å². The predicted molar refractivity (Wildman–Crippen MR) is 66.3 cm³/mol. The van der Waals surface area contributed by atoms with Crippen LogP contribution in [0, 0.1) is 0 Å². The molecule has 1 heterocycles. The summed E-state index contributed by atoms with van der Waals surface area (Å²) in [6.45, 7) is 0. The van der Waals surface area contributed by atoms with Crippen LogP contribution in [0.2, 0.25) is 5.02 Å². The average Bonchev–Trinajstić information content (AvgIpc) is 2.32. The Labute approximate surface area is 98.7 Å². The van der Waals surface area contributed by atoms with Gasteiger partial charge in [0.15, 0.2) is 0 Å². The van der Waals surface area contributed by atoms with Crippen molar-refractivity contribution >= 4 is 29.1 Å². The summed E-state index contributed by atoms with van der Waals surface area (Å²) in [6, 6.07) is 9.29. The van der Waals surface area contributed by atoms with Crippen molar-refractivity contribution in [1.29, 1.82) is 0 Å². The molecule has 0 saturated heterocycles. The van der Waals surface area contributed by atoms with Crippen LogP contribution in [-0.4, -0.2) is 17.0 Å². The minimum atomic E-state index is 0.567. The molecule has 0 aliphatic heterocycles. The third-order valence-corrected chi connectivity index (χ3v) is 2.35. The molecular weight excluding hydrogens is 224 g/mol. The van der Waals surface area contributed by atoms with Crippen molar-refractivity contribution in [3.05, 3.63) is 41.6 Å². The number of nitrogens with zero attached hydrogens (tertiary/aromatic N) is 2. The van der Waals surface area contributed by atoms with Gasteiger partial charge in [-0.25, -0.2) is 4.98 Å². The molecule has 82 valence electrons. The largest absolute Gasteiger partial charge is 0.357 e. The summed E-state index contributed by atoms with van der Waals surface area (Å²) in [5, 5.41) is 6.66. The zero-order chi connectivity index (χ0) is 11.4. The number of aromatic nitrogens is 2. The van der Waals surface area contributed by atoms with Gasteiger partial charge in [0.25, 0.3) is 0 Å². The van der Waals surface area contributed by atoms with E-state index in [0.29, 0.717) is 16.8 Å². The number of hydrogen-bond acceptors (Lipinski definition) is 4. The molecule has 0 spiro atoms. The topological polar surface area (TPSA) is 49.8 Å². The van der Waals surface area contributed by atoms with Gasteiger partial charge in [-0.05, 0) is 18.2 Å². The van der Waals surface area contributed by atoms with Crippen LogP contribution >= 0.6 is 11.6 Å². The van der Waals surface area contributed by atoms with Gasteiger partial charge in [-0.2, -0.15) is 4.98 Å².